The lowest BCUT2D eigenvalue weighted by atomic mass is 9.49. The zero-order valence-electron chi connectivity index (χ0n) is 16.8. The van der Waals surface area contributed by atoms with Gasteiger partial charge < -0.3 is 10.1 Å². The second kappa shape index (κ2) is 6.84. The molecule has 0 bridgehead atoms. The van der Waals surface area contributed by atoms with Crippen molar-refractivity contribution in [2.45, 2.75) is 56.5 Å². The van der Waals surface area contributed by atoms with Crippen LogP contribution in [0.15, 0.2) is 18.2 Å². The van der Waals surface area contributed by atoms with Gasteiger partial charge in [0.2, 0.25) is 0 Å². The zero-order chi connectivity index (χ0) is 19.7. The van der Waals surface area contributed by atoms with E-state index >= 15 is 0 Å². The van der Waals surface area contributed by atoms with E-state index in [0.29, 0.717) is 6.04 Å². The Labute approximate surface area is 176 Å². The molecule has 3 aliphatic heterocycles. The number of nitrogens with one attached hydrogen (secondary N) is 1. The molecule has 2 saturated heterocycles. The van der Waals surface area contributed by atoms with Crippen molar-refractivity contribution in [1.82, 2.24) is 4.90 Å². The maximum absolute atomic E-state index is 12.9. The molecular weight excluding hydrogens is 394 g/mol. The standard InChI is InChI=1S/C21H27N3O4.ClH/c1-3-20-7-4-9-23-10-8-21(19(20)23)15-11-13(24(26)27)5-6-16(15)22-17(21)14(12-20)18(25)28-2;/h5-6,11,14,17,19,22H,3-4,7-10,12H2,1-2H3;1H/t14-,17-,19-,20-,21+;/m0./s1. The van der Waals surface area contributed by atoms with Crippen LogP contribution in [0.1, 0.15) is 44.6 Å². The van der Waals surface area contributed by atoms with E-state index in [1.165, 1.54) is 7.11 Å². The van der Waals surface area contributed by atoms with Crippen molar-refractivity contribution in [2.75, 3.05) is 25.5 Å². The molecule has 0 amide bonds. The summed E-state index contributed by atoms with van der Waals surface area (Å²) in [6.07, 6.45) is 5.02. The number of methoxy groups -OCH3 is 1. The molecule has 1 aliphatic carbocycles. The predicted octanol–water partition coefficient (Wildman–Crippen LogP) is 3.51. The van der Waals surface area contributed by atoms with Crippen LogP contribution in [0.3, 0.4) is 0 Å². The quantitative estimate of drug-likeness (QED) is 0.456. The van der Waals surface area contributed by atoms with Gasteiger partial charge in [0, 0.05) is 29.3 Å². The van der Waals surface area contributed by atoms with Gasteiger partial charge in [0.15, 0.2) is 0 Å². The number of carbonyl (C=O) groups is 1. The number of ether oxygens (including phenoxy) is 1. The number of rotatable bonds is 3. The number of piperidine rings is 1. The van der Waals surface area contributed by atoms with Gasteiger partial charge in [0.05, 0.1) is 24.0 Å². The van der Waals surface area contributed by atoms with Crippen LogP contribution in [0.2, 0.25) is 0 Å². The fraction of sp³-hybridized carbons (Fsp3) is 0.667. The molecule has 3 fully saturated rings. The van der Waals surface area contributed by atoms with Gasteiger partial charge in [-0.1, -0.05) is 6.92 Å². The molecule has 1 saturated carbocycles. The normalized spacial score (nSPS) is 36.8. The van der Waals surface area contributed by atoms with Crippen LogP contribution in [0.5, 0.6) is 0 Å². The Morgan fingerprint density at radius 1 is 1.38 bits per heavy atom. The molecule has 4 aliphatic rings. The molecule has 1 N–H and O–H groups in total. The molecule has 29 heavy (non-hydrogen) atoms. The highest BCUT2D eigenvalue weighted by atomic mass is 35.5. The second-order valence-corrected chi connectivity index (χ2v) is 8.99. The fourth-order valence-electron chi connectivity index (χ4n) is 7.21. The number of anilines is 1. The minimum atomic E-state index is -0.314. The Kier molecular flexibility index (Phi) is 4.82. The molecule has 0 unspecified atom stereocenters. The van der Waals surface area contributed by atoms with E-state index in [9.17, 15) is 14.9 Å². The number of nitro groups is 1. The first-order chi connectivity index (χ1) is 13.5. The largest absolute Gasteiger partial charge is 0.469 e. The molecule has 1 aromatic carbocycles. The van der Waals surface area contributed by atoms with Crippen molar-refractivity contribution in [1.29, 1.82) is 0 Å². The zero-order valence-corrected chi connectivity index (χ0v) is 17.7. The summed E-state index contributed by atoms with van der Waals surface area (Å²) in [6, 6.07) is 5.41. The highest BCUT2D eigenvalue weighted by Gasteiger charge is 2.69. The smallest absolute Gasteiger partial charge is 0.310 e. The van der Waals surface area contributed by atoms with Gasteiger partial charge in [-0.2, -0.15) is 0 Å². The Bertz CT molecular complexity index is 864. The molecule has 7 nitrogen and oxygen atoms in total. The van der Waals surface area contributed by atoms with Crippen molar-refractivity contribution in [3.63, 3.8) is 0 Å². The van der Waals surface area contributed by atoms with E-state index in [1.807, 2.05) is 6.07 Å². The molecule has 5 rings (SSSR count). The topological polar surface area (TPSA) is 84.7 Å². The highest BCUT2D eigenvalue weighted by molar-refractivity contribution is 5.85. The second-order valence-electron chi connectivity index (χ2n) is 8.99. The number of esters is 1. The average Bonchev–Trinajstić information content (AvgIpc) is 3.27. The van der Waals surface area contributed by atoms with E-state index in [4.69, 9.17) is 4.74 Å². The lowest BCUT2D eigenvalue weighted by Crippen LogP contribution is -2.67. The number of benzene rings is 1. The summed E-state index contributed by atoms with van der Waals surface area (Å²) in [5.74, 6) is -0.389. The molecule has 8 heteroatoms. The van der Waals surface area contributed by atoms with Crippen molar-refractivity contribution in [3.8, 4) is 0 Å². The summed E-state index contributed by atoms with van der Waals surface area (Å²) in [6.45, 7) is 4.30. The van der Waals surface area contributed by atoms with Crippen molar-refractivity contribution in [2.24, 2.45) is 11.3 Å². The first kappa shape index (κ1) is 20.4. The van der Waals surface area contributed by atoms with Gasteiger partial charge in [-0.3, -0.25) is 19.8 Å². The van der Waals surface area contributed by atoms with Crippen LogP contribution >= 0.6 is 12.4 Å². The van der Waals surface area contributed by atoms with Gasteiger partial charge in [-0.15, -0.1) is 12.4 Å². The number of fused-ring (bicyclic) bond motifs is 1. The maximum Gasteiger partial charge on any atom is 0.310 e. The first-order valence-corrected chi connectivity index (χ1v) is 10.3. The lowest BCUT2D eigenvalue weighted by Gasteiger charge is -2.59. The number of hydrogen-bond donors (Lipinski definition) is 1. The lowest BCUT2D eigenvalue weighted by molar-refractivity contribution is -0.384. The average molecular weight is 422 g/mol. The summed E-state index contributed by atoms with van der Waals surface area (Å²) < 4.78 is 5.23. The fourth-order valence-corrected chi connectivity index (χ4v) is 7.21. The molecule has 5 atom stereocenters. The number of non-ortho nitro benzene ring substituents is 1. The number of nitrogens with zero attached hydrogens (tertiary/aromatic N) is 2. The van der Waals surface area contributed by atoms with Gasteiger partial charge in [0.25, 0.3) is 5.69 Å². The first-order valence-electron chi connectivity index (χ1n) is 10.3. The van der Waals surface area contributed by atoms with Crippen LogP contribution in [0.25, 0.3) is 0 Å². The van der Waals surface area contributed by atoms with Gasteiger partial charge in [-0.25, -0.2) is 0 Å². The highest BCUT2D eigenvalue weighted by Crippen LogP contribution is 2.65. The summed E-state index contributed by atoms with van der Waals surface area (Å²) in [5, 5.41) is 15.1. The minimum absolute atomic E-state index is 0. The molecule has 158 valence electrons. The summed E-state index contributed by atoms with van der Waals surface area (Å²) in [7, 11) is 1.47. The van der Waals surface area contributed by atoms with E-state index in [2.05, 4.69) is 17.1 Å². The Morgan fingerprint density at radius 3 is 2.86 bits per heavy atom. The summed E-state index contributed by atoms with van der Waals surface area (Å²) in [5.41, 5.74) is 1.90. The Hall–Kier alpha value is -1.86. The molecule has 1 aromatic rings. The molecule has 1 spiro atoms. The Morgan fingerprint density at radius 2 is 2.17 bits per heavy atom. The van der Waals surface area contributed by atoms with Crippen LogP contribution in [-0.2, 0) is 14.9 Å². The van der Waals surface area contributed by atoms with Gasteiger partial charge in [-0.05, 0) is 62.2 Å². The maximum atomic E-state index is 12.9. The van der Waals surface area contributed by atoms with Crippen LogP contribution in [0, 0.1) is 21.4 Å². The van der Waals surface area contributed by atoms with Crippen molar-refractivity contribution in [3.05, 3.63) is 33.9 Å². The molecular formula is C21H28ClN3O4. The molecule has 0 radical (unpaired) electrons. The van der Waals surface area contributed by atoms with Crippen molar-refractivity contribution >= 4 is 29.8 Å². The third kappa shape index (κ3) is 2.49. The van der Waals surface area contributed by atoms with Crippen LogP contribution in [-0.4, -0.2) is 48.1 Å². The van der Waals surface area contributed by atoms with E-state index < -0.39 is 0 Å². The Balaban J connectivity index is 0.00000205. The van der Waals surface area contributed by atoms with E-state index in [1.54, 1.807) is 12.1 Å². The SMILES string of the molecule is CC[C@]12CCCN3CC[C@]4(c5cc([N+](=O)[O-])ccc5N[C@H]4[C@@H](C(=O)OC)C1)[C@@H]32.Cl. The number of hydrogen-bond acceptors (Lipinski definition) is 6. The minimum Gasteiger partial charge on any atom is -0.469 e. The third-order valence-electron chi connectivity index (χ3n) is 8.18. The van der Waals surface area contributed by atoms with E-state index in [0.717, 1.165) is 56.4 Å². The molecule has 0 aromatic heterocycles. The van der Waals surface area contributed by atoms with Crippen LogP contribution in [0.4, 0.5) is 11.4 Å². The van der Waals surface area contributed by atoms with Crippen molar-refractivity contribution < 1.29 is 14.5 Å². The monoisotopic (exact) mass is 421 g/mol. The summed E-state index contributed by atoms with van der Waals surface area (Å²) in [4.78, 5) is 26.6. The van der Waals surface area contributed by atoms with Gasteiger partial charge in [0.1, 0.15) is 0 Å². The summed E-state index contributed by atoms with van der Waals surface area (Å²) >= 11 is 0. The third-order valence-corrected chi connectivity index (χ3v) is 8.18. The number of carbonyl (C=O) groups excluding carboxylic acids is 1. The number of halogens is 1. The van der Waals surface area contributed by atoms with Gasteiger partial charge >= 0.3 is 5.97 Å². The number of nitro benzene ring substituents is 1. The van der Waals surface area contributed by atoms with Crippen LogP contribution < -0.4 is 5.32 Å². The molecule has 3 heterocycles. The predicted molar refractivity (Wildman–Crippen MR) is 111 cm³/mol. The van der Waals surface area contributed by atoms with E-state index in [-0.39, 0.29) is 51.8 Å².